The molecule has 3 heteroatoms. The van der Waals surface area contributed by atoms with Crippen molar-refractivity contribution in [3.8, 4) is 11.1 Å². The van der Waals surface area contributed by atoms with Gasteiger partial charge in [-0.15, -0.1) is 0 Å². The Morgan fingerprint density at radius 3 is 1.57 bits per heavy atom. The summed E-state index contributed by atoms with van der Waals surface area (Å²) in [6.45, 7) is 28.3. The van der Waals surface area contributed by atoms with Crippen LogP contribution >= 0.6 is 0 Å². The van der Waals surface area contributed by atoms with Crippen molar-refractivity contribution < 1.29 is 46.1 Å². The zero-order valence-corrected chi connectivity index (χ0v) is 33.0. The van der Waals surface area contributed by atoms with E-state index in [0.717, 1.165) is 6.42 Å². The monoisotopic (exact) mass is 704 g/mol. The molecule has 44 heavy (non-hydrogen) atoms. The molecule has 0 heterocycles. The van der Waals surface area contributed by atoms with Crippen LogP contribution in [0.3, 0.4) is 0 Å². The average Bonchev–Trinajstić information content (AvgIpc) is 3.41. The quantitative estimate of drug-likeness (QED) is 0.340. The first-order valence-corrected chi connectivity index (χ1v) is 20.1. The molecule has 1 unspecified atom stereocenters. The molecule has 0 fully saturated rings. The first-order chi connectivity index (χ1) is 19.5. The molecule has 0 nitrogen and oxygen atoms in total. The van der Waals surface area contributed by atoms with Crippen LogP contribution in [-0.2, 0) is 32.1 Å². The fraction of sp³-hybridized carbons (Fsp3) is 0.439. The minimum Gasteiger partial charge on any atom is -1.00 e. The summed E-state index contributed by atoms with van der Waals surface area (Å²) in [4.78, 5) is 0. The molecule has 234 valence electrons. The Balaban J connectivity index is 0.00000264. The summed E-state index contributed by atoms with van der Waals surface area (Å²) >= 11 is -2.54. The molecule has 0 aliphatic heterocycles. The molecule has 3 aromatic carbocycles. The molecule has 0 saturated heterocycles. The Labute approximate surface area is 288 Å². The Hall–Kier alpha value is -1.53. The van der Waals surface area contributed by atoms with Gasteiger partial charge in [0.1, 0.15) is 0 Å². The van der Waals surface area contributed by atoms with Crippen LogP contribution in [-0.4, -0.2) is 3.71 Å². The Kier molecular flexibility index (Phi) is 11.2. The van der Waals surface area contributed by atoms with Gasteiger partial charge in [-0.2, -0.15) is 0 Å². The van der Waals surface area contributed by atoms with E-state index in [-0.39, 0.29) is 41.1 Å². The molecule has 0 bridgehead atoms. The van der Waals surface area contributed by atoms with Crippen LogP contribution in [0.15, 0.2) is 81.2 Å². The predicted octanol–water partition coefficient (Wildman–Crippen LogP) is 5.42. The summed E-state index contributed by atoms with van der Waals surface area (Å²) in [7, 11) is 0. The smallest absolute Gasteiger partial charge is 1.00 e. The van der Waals surface area contributed by atoms with Crippen molar-refractivity contribution in [2.75, 3.05) is 0 Å². The van der Waals surface area contributed by atoms with Crippen LogP contribution < -0.4 is 24.8 Å². The average molecular weight is 707 g/mol. The maximum atomic E-state index is 2.79. The third-order valence-electron chi connectivity index (χ3n) is 9.46. The van der Waals surface area contributed by atoms with Gasteiger partial charge in [0, 0.05) is 0 Å². The van der Waals surface area contributed by atoms with Crippen molar-refractivity contribution in [3.05, 3.63) is 115 Å². The molecular formula is C41H52Cl2Zr. The molecule has 0 saturated carbocycles. The van der Waals surface area contributed by atoms with E-state index in [0.29, 0.717) is 9.54 Å². The summed E-state index contributed by atoms with van der Waals surface area (Å²) in [5, 5.41) is 0. The van der Waals surface area contributed by atoms with Crippen LogP contribution in [0.4, 0.5) is 0 Å². The normalized spacial score (nSPS) is 16.7. The minimum absolute atomic E-state index is 0. The molecule has 0 aromatic heterocycles. The van der Waals surface area contributed by atoms with Gasteiger partial charge >= 0.3 is 266 Å². The van der Waals surface area contributed by atoms with Gasteiger partial charge < -0.3 is 24.8 Å². The molecule has 0 spiro atoms. The standard InChI is InChI=1S/C21H25.C12H19.C8H8.2ClH.Zr/c1-20(2,3)16-9-7-14-11-15-8-10-17(21(4,5)6)13-19(15)18(14)12-16;1-6-10-7-9(2)8-11(10)12(3,4)5;1-7-3-5-8(2)6-4-7;;;/h7-13H,1-6H3;8-9H,6H2,1-5H3;1,3-6H,2H3;2*1H;/q;;;;;+2/p-2. The van der Waals surface area contributed by atoms with Gasteiger partial charge in [-0.3, -0.25) is 0 Å². The van der Waals surface area contributed by atoms with E-state index in [2.05, 4.69) is 154 Å². The van der Waals surface area contributed by atoms with Crippen molar-refractivity contribution in [2.45, 2.75) is 104 Å². The number of fused-ring (bicyclic) bond motifs is 3. The Morgan fingerprint density at radius 1 is 0.682 bits per heavy atom. The first kappa shape index (κ1) is 36.9. The summed E-state index contributed by atoms with van der Waals surface area (Å²) < 4.78 is 5.09. The van der Waals surface area contributed by atoms with Crippen molar-refractivity contribution in [3.63, 3.8) is 0 Å². The second kappa shape index (κ2) is 13.3. The molecular weight excluding hydrogens is 655 g/mol. The summed E-state index contributed by atoms with van der Waals surface area (Å²) in [5.41, 5.74) is 15.4. The molecule has 0 N–H and O–H groups in total. The van der Waals surface area contributed by atoms with E-state index in [1.807, 2.05) is 3.28 Å². The Bertz CT molecular complexity index is 1550. The third kappa shape index (κ3) is 7.07. The number of rotatable bonds is 4. The van der Waals surface area contributed by atoms with Gasteiger partial charge in [-0.25, -0.2) is 0 Å². The Morgan fingerprint density at radius 2 is 1.16 bits per heavy atom. The zero-order valence-electron chi connectivity index (χ0n) is 29.0. The van der Waals surface area contributed by atoms with Gasteiger partial charge in [-0.1, -0.05) is 0 Å². The van der Waals surface area contributed by atoms with Crippen LogP contribution in [0.1, 0.15) is 120 Å². The fourth-order valence-electron chi connectivity index (χ4n) is 7.05. The number of allylic oxidation sites excluding steroid dienone is 4. The first-order valence-electron chi connectivity index (χ1n) is 16.0. The van der Waals surface area contributed by atoms with E-state index in [9.17, 15) is 0 Å². The van der Waals surface area contributed by atoms with E-state index in [1.165, 1.54) is 33.4 Å². The van der Waals surface area contributed by atoms with Gasteiger partial charge in [0.25, 0.3) is 0 Å². The number of aryl methyl sites for hydroxylation is 1. The largest absolute Gasteiger partial charge is 1.00 e. The molecule has 0 radical (unpaired) electrons. The molecule has 2 aliphatic carbocycles. The SMILES string of the molecule is CCC1=[C](/[Zr+2](=[CH]/c2ccc(C)cc2)[CH]2c3ccc(C(C)(C)C)cc3-c3cc(C(C)(C)C)ccc32)C(C)C=C1C(C)(C)C.[Cl-].[Cl-]. The van der Waals surface area contributed by atoms with Crippen molar-refractivity contribution >= 4 is 3.71 Å². The molecule has 0 amide bonds. The third-order valence-corrected chi connectivity index (χ3v) is 17.5. The number of benzene rings is 3. The topological polar surface area (TPSA) is 0 Å². The molecule has 5 rings (SSSR count). The van der Waals surface area contributed by atoms with E-state index in [1.54, 1.807) is 22.3 Å². The fourth-order valence-corrected chi connectivity index (χ4v) is 16.0. The van der Waals surface area contributed by atoms with E-state index < -0.39 is 21.3 Å². The van der Waals surface area contributed by atoms with Crippen molar-refractivity contribution in [2.24, 2.45) is 11.3 Å². The van der Waals surface area contributed by atoms with E-state index in [4.69, 9.17) is 0 Å². The van der Waals surface area contributed by atoms with Crippen molar-refractivity contribution in [1.82, 2.24) is 0 Å². The van der Waals surface area contributed by atoms with Crippen LogP contribution in [0.25, 0.3) is 11.1 Å². The maximum absolute atomic E-state index is 2.79. The summed E-state index contributed by atoms with van der Waals surface area (Å²) in [6, 6.07) is 24.3. The second-order valence-electron chi connectivity index (χ2n) is 15.9. The number of hydrogen-bond acceptors (Lipinski definition) is 0. The van der Waals surface area contributed by atoms with Crippen LogP contribution in [0.5, 0.6) is 0 Å². The summed E-state index contributed by atoms with van der Waals surface area (Å²) in [5.74, 6) is 0.500. The second-order valence-corrected chi connectivity index (χ2v) is 21.6. The van der Waals surface area contributed by atoms with Gasteiger partial charge in [0.05, 0.1) is 0 Å². The molecule has 3 aromatic rings. The van der Waals surface area contributed by atoms with Crippen LogP contribution in [0, 0.1) is 18.3 Å². The predicted molar refractivity (Wildman–Crippen MR) is 181 cm³/mol. The van der Waals surface area contributed by atoms with Crippen molar-refractivity contribution in [1.29, 1.82) is 0 Å². The van der Waals surface area contributed by atoms with E-state index >= 15 is 0 Å². The van der Waals surface area contributed by atoms with Crippen LogP contribution in [0.2, 0.25) is 0 Å². The summed E-state index contributed by atoms with van der Waals surface area (Å²) in [6.07, 6.45) is 3.74. The zero-order chi connectivity index (χ0) is 30.8. The maximum Gasteiger partial charge on any atom is -1.00 e. The van der Waals surface area contributed by atoms with Gasteiger partial charge in [0.15, 0.2) is 0 Å². The van der Waals surface area contributed by atoms with Gasteiger partial charge in [0.2, 0.25) is 0 Å². The van der Waals surface area contributed by atoms with Gasteiger partial charge in [-0.05, 0) is 0 Å². The number of hydrogen-bond donors (Lipinski definition) is 0. The minimum atomic E-state index is -2.54. The number of halogens is 2. The molecule has 1 atom stereocenters. The molecule has 2 aliphatic rings.